The summed E-state index contributed by atoms with van der Waals surface area (Å²) in [6.45, 7) is 5.13. The van der Waals surface area contributed by atoms with Crippen LogP contribution in [0.4, 0.5) is 0 Å². The molecule has 0 radical (unpaired) electrons. The number of likely N-dealkylation sites (tertiary alicyclic amines) is 1. The molecule has 11 heteroatoms. The fraction of sp³-hybridized carbons (Fsp3) is 0.550. The maximum Gasteiger partial charge on any atom is 0.526 e. The molecule has 0 bridgehead atoms. The van der Waals surface area contributed by atoms with Crippen molar-refractivity contribution in [2.75, 3.05) is 26.2 Å². The van der Waals surface area contributed by atoms with Crippen LogP contribution in [0.25, 0.3) is 0 Å². The lowest BCUT2D eigenvalue weighted by molar-refractivity contribution is -0.128. The standard InChI is InChI=1S/C20H26BN3O7/c1-9(19(26)23-5-14(22)25)6-24-7-11(8-24)30-13-4-3-12-15-10(2)17(15)21(29)31-18(12)16(13)20(27)28/h3-4,9-11,15,17,29H,5-8H2,1-2H3,(H2,22,25)(H,23,26)(H,27,28)/t9-,10?,15?,17?/m0/s1. The fourth-order valence-electron chi connectivity index (χ4n) is 4.64. The Balaban J connectivity index is 1.37. The van der Waals surface area contributed by atoms with Crippen molar-refractivity contribution in [3.05, 3.63) is 23.3 Å². The van der Waals surface area contributed by atoms with E-state index in [0.717, 1.165) is 5.56 Å². The van der Waals surface area contributed by atoms with Gasteiger partial charge in [-0.3, -0.25) is 14.5 Å². The maximum atomic E-state index is 12.0. The summed E-state index contributed by atoms with van der Waals surface area (Å²) in [5.41, 5.74) is 5.77. The summed E-state index contributed by atoms with van der Waals surface area (Å²) < 4.78 is 11.5. The Morgan fingerprint density at radius 2 is 2.10 bits per heavy atom. The highest BCUT2D eigenvalue weighted by atomic mass is 16.5. The van der Waals surface area contributed by atoms with E-state index in [-0.39, 0.29) is 59.2 Å². The van der Waals surface area contributed by atoms with E-state index in [9.17, 15) is 24.5 Å². The van der Waals surface area contributed by atoms with E-state index in [1.807, 2.05) is 17.9 Å². The van der Waals surface area contributed by atoms with E-state index in [1.54, 1.807) is 13.0 Å². The van der Waals surface area contributed by atoms with Crippen LogP contribution in [0.3, 0.4) is 0 Å². The van der Waals surface area contributed by atoms with Crippen LogP contribution in [0, 0.1) is 11.8 Å². The van der Waals surface area contributed by atoms with E-state index in [4.69, 9.17) is 15.1 Å². The molecule has 31 heavy (non-hydrogen) atoms. The zero-order chi connectivity index (χ0) is 22.4. The lowest BCUT2D eigenvalue weighted by Gasteiger charge is -2.40. The SMILES string of the molecule is CC1C2B(O)Oc3c(ccc(OC4CN(C[C@H](C)C(=O)NCC(N)=O)C4)c3C(=O)O)C12. The van der Waals surface area contributed by atoms with Crippen molar-refractivity contribution in [1.82, 2.24) is 10.2 Å². The number of amides is 2. The van der Waals surface area contributed by atoms with Gasteiger partial charge in [-0.1, -0.05) is 19.9 Å². The molecule has 5 N–H and O–H groups in total. The predicted octanol–water partition coefficient (Wildman–Crippen LogP) is -0.338. The number of nitrogens with one attached hydrogen (secondary N) is 1. The second kappa shape index (κ2) is 8.05. The van der Waals surface area contributed by atoms with Crippen LogP contribution in [0.5, 0.6) is 11.5 Å². The van der Waals surface area contributed by atoms with Crippen LogP contribution in [0.15, 0.2) is 12.1 Å². The molecular formula is C20H26BN3O7. The third-order valence-electron chi connectivity index (χ3n) is 6.37. The number of hydrogen-bond acceptors (Lipinski definition) is 7. The topological polar surface area (TPSA) is 151 Å². The van der Waals surface area contributed by atoms with Gasteiger partial charge in [-0.05, 0) is 23.5 Å². The summed E-state index contributed by atoms with van der Waals surface area (Å²) in [4.78, 5) is 36.7. The molecule has 1 aromatic rings. The number of ether oxygens (including phenoxy) is 1. The number of fused-ring (bicyclic) bond motifs is 3. The number of hydrogen-bond donors (Lipinski definition) is 4. The molecule has 4 rings (SSSR count). The monoisotopic (exact) mass is 431 g/mol. The highest BCUT2D eigenvalue weighted by Crippen LogP contribution is 2.65. The van der Waals surface area contributed by atoms with Crippen molar-refractivity contribution in [1.29, 1.82) is 0 Å². The van der Waals surface area contributed by atoms with Crippen molar-refractivity contribution in [3.8, 4) is 11.5 Å². The third kappa shape index (κ3) is 4.07. The van der Waals surface area contributed by atoms with Crippen LogP contribution in [0.2, 0.25) is 5.82 Å². The molecule has 3 aliphatic rings. The first-order valence-corrected chi connectivity index (χ1v) is 10.4. The average molecular weight is 431 g/mol. The lowest BCUT2D eigenvalue weighted by Crippen LogP contribution is -2.56. The molecular weight excluding hydrogens is 405 g/mol. The van der Waals surface area contributed by atoms with Crippen LogP contribution >= 0.6 is 0 Å². The second-order valence-electron chi connectivity index (χ2n) is 8.68. The molecule has 0 aromatic heterocycles. The molecule has 4 atom stereocenters. The van der Waals surface area contributed by atoms with E-state index in [1.165, 1.54) is 0 Å². The predicted molar refractivity (Wildman–Crippen MR) is 110 cm³/mol. The van der Waals surface area contributed by atoms with E-state index < -0.39 is 19.0 Å². The Morgan fingerprint density at radius 1 is 1.39 bits per heavy atom. The number of carboxylic acids is 1. The van der Waals surface area contributed by atoms with Crippen molar-refractivity contribution in [2.24, 2.45) is 17.6 Å². The van der Waals surface area contributed by atoms with E-state index in [2.05, 4.69) is 5.32 Å². The molecule has 2 amide bonds. The number of aromatic carboxylic acids is 1. The molecule has 2 aliphatic heterocycles. The highest BCUT2D eigenvalue weighted by Gasteiger charge is 2.60. The van der Waals surface area contributed by atoms with Gasteiger partial charge in [-0.2, -0.15) is 0 Å². The molecule has 1 saturated carbocycles. The van der Waals surface area contributed by atoms with E-state index in [0.29, 0.717) is 19.6 Å². The van der Waals surface area contributed by atoms with Gasteiger partial charge < -0.3 is 30.6 Å². The number of carbonyl (C=O) groups is 3. The summed E-state index contributed by atoms with van der Waals surface area (Å²) in [7, 11) is -1.01. The third-order valence-corrected chi connectivity index (χ3v) is 6.37. The summed E-state index contributed by atoms with van der Waals surface area (Å²) in [6, 6.07) is 3.49. The molecule has 10 nitrogen and oxygen atoms in total. The number of carbonyl (C=O) groups excluding carboxylic acids is 2. The minimum atomic E-state index is -1.17. The lowest BCUT2D eigenvalue weighted by atomic mass is 9.76. The molecule has 1 aromatic carbocycles. The summed E-state index contributed by atoms with van der Waals surface area (Å²) >= 11 is 0. The average Bonchev–Trinajstić information content (AvgIpc) is 3.35. The van der Waals surface area contributed by atoms with Gasteiger partial charge in [0.05, 0.1) is 6.54 Å². The van der Waals surface area contributed by atoms with Gasteiger partial charge in [-0.25, -0.2) is 4.79 Å². The molecule has 2 heterocycles. The molecule has 2 fully saturated rings. The number of carboxylic acid groups (broad SMARTS) is 1. The fourth-order valence-corrected chi connectivity index (χ4v) is 4.64. The number of rotatable bonds is 8. The number of nitrogens with zero attached hydrogens (tertiary/aromatic N) is 1. The van der Waals surface area contributed by atoms with Gasteiger partial charge in [0, 0.05) is 31.4 Å². The zero-order valence-electron chi connectivity index (χ0n) is 17.4. The number of primary amides is 1. The maximum absolute atomic E-state index is 12.0. The molecule has 0 spiro atoms. The van der Waals surface area contributed by atoms with Crippen molar-refractivity contribution < 1.29 is 33.9 Å². The van der Waals surface area contributed by atoms with Crippen molar-refractivity contribution in [3.63, 3.8) is 0 Å². The Morgan fingerprint density at radius 3 is 2.74 bits per heavy atom. The second-order valence-corrected chi connectivity index (χ2v) is 8.68. The van der Waals surface area contributed by atoms with Crippen LogP contribution < -0.4 is 20.4 Å². The highest BCUT2D eigenvalue weighted by molar-refractivity contribution is 6.48. The van der Waals surface area contributed by atoms with Gasteiger partial charge in [0.15, 0.2) is 0 Å². The van der Waals surface area contributed by atoms with Gasteiger partial charge in [0.2, 0.25) is 11.8 Å². The summed E-state index contributed by atoms with van der Waals surface area (Å²) in [5.74, 6) is -1.60. The van der Waals surface area contributed by atoms with E-state index >= 15 is 0 Å². The van der Waals surface area contributed by atoms with Crippen LogP contribution in [0.1, 0.15) is 35.7 Å². The largest absolute Gasteiger partial charge is 0.535 e. The van der Waals surface area contributed by atoms with Crippen molar-refractivity contribution >= 4 is 24.9 Å². The van der Waals surface area contributed by atoms with Gasteiger partial charge in [0.25, 0.3) is 0 Å². The Bertz CT molecular complexity index is 920. The molecule has 166 valence electrons. The number of nitrogens with two attached hydrogens (primary N) is 1. The van der Waals surface area contributed by atoms with Crippen LogP contribution in [-0.4, -0.2) is 72.2 Å². The molecule has 1 saturated heterocycles. The zero-order valence-corrected chi connectivity index (χ0v) is 17.4. The van der Waals surface area contributed by atoms with Crippen LogP contribution in [-0.2, 0) is 9.59 Å². The van der Waals surface area contributed by atoms with Gasteiger partial charge >= 0.3 is 13.1 Å². The normalized spacial score (nSPS) is 25.4. The summed E-state index contributed by atoms with van der Waals surface area (Å²) in [6.07, 6.45) is -0.224. The molecule has 1 aliphatic carbocycles. The Kier molecular flexibility index (Phi) is 5.57. The Labute approximate surface area is 179 Å². The first-order valence-electron chi connectivity index (χ1n) is 10.4. The molecule has 3 unspecified atom stereocenters. The first kappa shape index (κ1) is 21.4. The van der Waals surface area contributed by atoms with Crippen molar-refractivity contribution in [2.45, 2.75) is 31.7 Å². The minimum absolute atomic E-state index is 0.00302. The number of benzene rings is 1. The van der Waals surface area contributed by atoms with Gasteiger partial charge in [-0.15, -0.1) is 0 Å². The Hall–Kier alpha value is -2.79. The van der Waals surface area contributed by atoms with Gasteiger partial charge in [0.1, 0.15) is 23.2 Å². The quantitative estimate of drug-likeness (QED) is 0.408. The minimum Gasteiger partial charge on any atom is -0.535 e. The summed E-state index contributed by atoms with van der Waals surface area (Å²) in [5, 5.41) is 22.4. The first-order chi connectivity index (χ1) is 14.7. The smallest absolute Gasteiger partial charge is 0.526 e.